The number of fused-ring (bicyclic) bond motifs is 1. The molecule has 0 radical (unpaired) electrons. The molecule has 1 fully saturated rings. The molecule has 0 bridgehead atoms. The van der Waals surface area contributed by atoms with Crippen molar-refractivity contribution in [3.63, 3.8) is 0 Å². The molecule has 0 aromatic heterocycles. The first-order chi connectivity index (χ1) is 18.1. The molecule has 0 aliphatic heterocycles. The van der Waals surface area contributed by atoms with Crippen molar-refractivity contribution < 1.29 is 32.6 Å². The molecule has 0 spiro atoms. The zero-order chi connectivity index (χ0) is 27.4. The SMILES string of the molecule is C=CC1CC(C)CC1C(NC(=O)c1ccc2ccccc2c1OCc1ccc(SC(F)(F)F)cc1)C(=O)O. The lowest BCUT2D eigenvalue weighted by Crippen LogP contribution is -2.47. The smallest absolute Gasteiger partial charge is 0.446 e. The summed E-state index contributed by atoms with van der Waals surface area (Å²) in [6.07, 6.45) is 3.25. The van der Waals surface area contributed by atoms with Gasteiger partial charge in [0.25, 0.3) is 5.91 Å². The van der Waals surface area contributed by atoms with E-state index in [-0.39, 0.29) is 46.4 Å². The van der Waals surface area contributed by atoms with Crippen LogP contribution in [0.15, 0.2) is 78.2 Å². The van der Waals surface area contributed by atoms with E-state index >= 15 is 0 Å². The molecule has 1 amide bonds. The van der Waals surface area contributed by atoms with E-state index in [2.05, 4.69) is 18.8 Å². The van der Waals surface area contributed by atoms with Crippen molar-refractivity contribution in [3.8, 4) is 5.75 Å². The van der Waals surface area contributed by atoms with Crippen LogP contribution in [0.5, 0.6) is 5.75 Å². The second kappa shape index (κ2) is 11.5. The fraction of sp³-hybridized carbons (Fsp3) is 0.310. The summed E-state index contributed by atoms with van der Waals surface area (Å²) in [7, 11) is 0. The second-order valence-corrected chi connectivity index (χ2v) is 10.7. The number of thioether (sulfide) groups is 1. The number of ether oxygens (including phenoxy) is 1. The summed E-state index contributed by atoms with van der Waals surface area (Å²) < 4.78 is 44.0. The first-order valence-electron chi connectivity index (χ1n) is 12.2. The van der Waals surface area contributed by atoms with Crippen molar-refractivity contribution in [3.05, 3.63) is 84.4 Å². The Kier molecular flexibility index (Phi) is 8.35. The number of carbonyl (C=O) groups is 2. The van der Waals surface area contributed by atoms with Gasteiger partial charge in [-0.15, -0.1) is 6.58 Å². The molecular formula is C29H28F3NO4S. The highest BCUT2D eigenvalue weighted by Gasteiger charge is 2.40. The van der Waals surface area contributed by atoms with Crippen LogP contribution in [0, 0.1) is 17.8 Å². The van der Waals surface area contributed by atoms with Crippen LogP contribution in [0.3, 0.4) is 0 Å². The lowest BCUT2D eigenvalue weighted by atomic mass is 9.88. The number of alkyl halides is 3. The van der Waals surface area contributed by atoms with Crippen LogP contribution >= 0.6 is 11.8 Å². The maximum Gasteiger partial charge on any atom is 0.446 e. The molecule has 38 heavy (non-hydrogen) atoms. The summed E-state index contributed by atoms with van der Waals surface area (Å²) in [6.45, 7) is 5.91. The van der Waals surface area contributed by atoms with Gasteiger partial charge in [-0.1, -0.05) is 55.5 Å². The Labute approximate surface area is 223 Å². The largest absolute Gasteiger partial charge is 0.487 e. The number of rotatable bonds is 9. The molecule has 0 heterocycles. The van der Waals surface area contributed by atoms with Crippen LogP contribution in [0.2, 0.25) is 0 Å². The minimum atomic E-state index is -4.38. The number of allylic oxidation sites excluding steroid dienone is 1. The van der Waals surface area contributed by atoms with Gasteiger partial charge in [0.1, 0.15) is 18.4 Å². The zero-order valence-corrected chi connectivity index (χ0v) is 21.5. The fourth-order valence-corrected chi connectivity index (χ4v) is 5.66. The molecule has 1 aliphatic carbocycles. The van der Waals surface area contributed by atoms with Crippen molar-refractivity contribution in [2.45, 2.75) is 42.8 Å². The second-order valence-electron chi connectivity index (χ2n) is 9.57. The van der Waals surface area contributed by atoms with E-state index in [1.54, 1.807) is 30.3 Å². The molecule has 1 saturated carbocycles. The predicted molar refractivity (Wildman–Crippen MR) is 141 cm³/mol. The van der Waals surface area contributed by atoms with Gasteiger partial charge in [0.05, 0.1) is 5.56 Å². The molecule has 0 saturated heterocycles. The number of halogens is 3. The van der Waals surface area contributed by atoms with Gasteiger partial charge in [0, 0.05) is 10.3 Å². The standard InChI is InChI=1S/C29H28F3NO4S/c1-3-19-14-17(2)15-24(19)25(28(35)36)33-27(34)23-13-10-20-6-4-5-7-22(20)26(23)37-16-18-8-11-21(12-9-18)38-29(30,31)32/h3-13,17,19,24-25H,1,14-16H2,2H3,(H,33,34)(H,35,36). The zero-order valence-electron chi connectivity index (χ0n) is 20.7. The van der Waals surface area contributed by atoms with E-state index in [1.807, 2.05) is 12.1 Å². The first kappa shape index (κ1) is 27.6. The summed E-state index contributed by atoms with van der Waals surface area (Å²) in [4.78, 5) is 25.7. The van der Waals surface area contributed by atoms with Crippen molar-refractivity contribution in [1.82, 2.24) is 5.32 Å². The summed E-state index contributed by atoms with van der Waals surface area (Å²) in [5.74, 6) is -1.37. The van der Waals surface area contributed by atoms with E-state index in [0.29, 0.717) is 23.3 Å². The third kappa shape index (κ3) is 6.51. The van der Waals surface area contributed by atoms with Gasteiger partial charge in [0.15, 0.2) is 0 Å². The minimum Gasteiger partial charge on any atom is -0.487 e. The Bertz CT molecular complexity index is 1330. The van der Waals surface area contributed by atoms with E-state index in [9.17, 15) is 27.9 Å². The molecule has 9 heteroatoms. The van der Waals surface area contributed by atoms with E-state index in [0.717, 1.165) is 11.8 Å². The quantitative estimate of drug-likeness (QED) is 0.223. The number of amides is 1. The number of carbonyl (C=O) groups excluding carboxylic acids is 1. The number of carboxylic acid groups (broad SMARTS) is 1. The summed E-state index contributed by atoms with van der Waals surface area (Å²) in [5.41, 5.74) is -3.58. The highest BCUT2D eigenvalue weighted by atomic mass is 32.2. The van der Waals surface area contributed by atoms with Gasteiger partial charge in [-0.25, -0.2) is 4.79 Å². The third-order valence-electron chi connectivity index (χ3n) is 6.85. The third-order valence-corrected chi connectivity index (χ3v) is 7.59. The number of hydrogen-bond acceptors (Lipinski definition) is 4. The molecule has 4 atom stereocenters. The van der Waals surface area contributed by atoms with Crippen molar-refractivity contribution in [1.29, 1.82) is 0 Å². The average Bonchev–Trinajstić information content (AvgIpc) is 3.25. The molecule has 2 N–H and O–H groups in total. The Morgan fingerprint density at radius 1 is 1.13 bits per heavy atom. The lowest BCUT2D eigenvalue weighted by molar-refractivity contribution is -0.141. The van der Waals surface area contributed by atoms with Crippen molar-refractivity contribution >= 4 is 34.4 Å². The van der Waals surface area contributed by atoms with Gasteiger partial charge in [0.2, 0.25) is 0 Å². The highest BCUT2D eigenvalue weighted by molar-refractivity contribution is 8.00. The van der Waals surface area contributed by atoms with Gasteiger partial charge in [-0.05, 0) is 71.5 Å². The number of nitrogens with one attached hydrogen (secondary N) is 1. The predicted octanol–water partition coefficient (Wildman–Crippen LogP) is 7.06. The fourth-order valence-electron chi connectivity index (χ4n) is 5.12. The molecule has 3 aromatic carbocycles. The van der Waals surface area contributed by atoms with E-state index < -0.39 is 23.4 Å². The Hall–Kier alpha value is -3.46. The molecule has 5 nitrogen and oxygen atoms in total. The average molecular weight is 544 g/mol. The monoisotopic (exact) mass is 543 g/mol. The molecule has 4 unspecified atom stereocenters. The van der Waals surface area contributed by atoms with Gasteiger partial charge in [-0.2, -0.15) is 13.2 Å². The number of benzene rings is 3. The molecule has 1 aliphatic rings. The van der Waals surface area contributed by atoms with Gasteiger partial charge < -0.3 is 15.2 Å². The van der Waals surface area contributed by atoms with E-state index in [1.165, 1.54) is 24.3 Å². The van der Waals surface area contributed by atoms with Crippen molar-refractivity contribution in [2.24, 2.45) is 17.8 Å². The Balaban J connectivity index is 1.59. The maximum atomic E-state index is 13.5. The van der Waals surface area contributed by atoms with Crippen LogP contribution in [-0.4, -0.2) is 28.5 Å². The van der Waals surface area contributed by atoms with Crippen LogP contribution in [-0.2, 0) is 11.4 Å². The van der Waals surface area contributed by atoms with Gasteiger partial charge in [-0.3, -0.25) is 4.79 Å². The Morgan fingerprint density at radius 2 is 1.84 bits per heavy atom. The van der Waals surface area contributed by atoms with Gasteiger partial charge >= 0.3 is 11.5 Å². The number of aliphatic carboxylic acids is 1. The van der Waals surface area contributed by atoms with Crippen LogP contribution in [0.25, 0.3) is 10.8 Å². The van der Waals surface area contributed by atoms with Crippen LogP contribution in [0.1, 0.15) is 35.7 Å². The molecule has 200 valence electrons. The minimum absolute atomic E-state index is 0.00624. The molecular weight excluding hydrogens is 515 g/mol. The highest BCUT2D eigenvalue weighted by Crippen LogP contribution is 2.40. The lowest BCUT2D eigenvalue weighted by Gasteiger charge is -2.25. The first-order valence-corrected chi connectivity index (χ1v) is 13.0. The van der Waals surface area contributed by atoms with Crippen LogP contribution < -0.4 is 10.1 Å². The topological polar surface area (TPSA) is 75.6 Å². The summed E-state index contributed by atoms with van der Waals surface area (Å²) >= 11 is -0.196. The van der Waals surface area contributed by atoms with Crippen LogP contribution in [0.4, 0.5) is 13.2 Å². The Morgan fingerprint density at radius 3 is 2.50 bits per heavy atom. The summed E-state index contributed by atoms with van der Waals surface area (Å²) in [6, 6.07) is 15.4. The molecule has 4 rings (SSSR count). The number of hydrogen-bond donors (Lipinski definition) is 2. The summed E-state index contributed by atoms with van der Waals surface area (Å²) in [5, 5.41) is 14.2. The molecule has 3 aromatic rings. The van der Waals surface area contributed by atoms with E-state index in [4.69, 9.17) is 4.74 Å². The number of carboxylic acids is 1. The normalized spacial score (nSPS) is 20.2. The maximum absolute atomic E-state index is 13.5. The van der Waals surface area contributed by atoms with Crippen molar-refractivity contribution in [2.75, 3.05) is 0 Å².